The van der Waals surface area contributed by atoms with E-state index >= 15 is 0 Å². The number of amides is 1. The van der Waals surface area contributed by atoms with E-state index in [1.807, 2.05) is 43.6 Å². The SMILES string of the molecule is Cc1nc(CC(=O)NC(CCn2ccnc2C)c2ccccc2)cs1. The number of rotatable bonds is 7. The van der Waals surface area contributed by atoms with E-state index in [-0.39, 0.29) is 11.9 Å². The smallest absolute Gasteiger partial charge is 0.226 e. The maximum absolute atomic E-state index is 12.5. The summed E-state index contributed by atoms with van der Waals surface area (Å²) < 4.78 is 2.10. The second-order valence-corrected chi connectivity index (χ2v) is 7.08. The predicted molar refractivity (Wildman–Crippen MR) is 99.5 cm³/mol. The summed E-state index contributed by atoms with van der Waals surface area (Å²) in [5.41, 5.74) is 1.94. The molecule has 5 nitrogen and oxygen atoms in total. The van der Waals surface area contributed by atoms with Gasteiger partial charge >= 0.3 is 0 Å². The first-order valence-corrected chi connectivity index (χ1v) is 9.23. The molecule has 130 valence electrons. The molecule has 0 bridgehead atoms. The Morgan fingerprint density at radius 2 is 2.08 bits per heavy atom. The maximum Gasteiger partial charge on any atom is 0.226 e. The molecule has 1 amide bonds. The number of aromatic nitrogens is 3. The van der Waals surface area contributed by atoms with Crippen LogP contribution in [0.15, 0.2) is 48.1 Å². The van der Waals surface area contributed by atoms with E-state index in [0.29, 0.717) is 6.42 Å². The number of imidazole rings is 1. The highest BCUT2D eigenvalue weighted by atomic mass is 32.1. The molecule has 2 aromatic heterocycles. The van der Waals surface area contributed by atoms with Gasteiger partial charge in [0.2, 0.25) is 5.91 Å². The van der Waals surface area contributed by atoms with E-state index in [2.05, 4.69) is 32.0 Å². The number of nitrogens with zero attached hydrogens (tertiary/aromatic N) is 3. The highest BCUT2D eigenvalue weighted by Gasteiger charge is 2.16. The molecule has 0 aliphatic carbocycles. The van der Waals surface area contributed by atoms with Crippen LogP contribution in [0.5, 0.6) is 0 Å². The molecule has 2 heterocycles. The summed E-state index contributed by atoms with van der Waals surface area (Å²) in [5, 5.41) is 6.09. The minimum Gasteiger partial charge on any atom is -0.349 e. The van der Waals surface area contributed by atoms with Gasteiger partial charge in [-0.3, -0.25) is 4.79 Å². The molecule has 3 aromatic rings. The zero-order chi connectivity index (χ0) is 17.6. The Hall–Kier alpha value is -2.47. The van der Waals surface area contributed by atoms with Crippen molar-refractivity contribution in [1.82, 2.24) is 19.9 Å². The van der Waals surface area contributed by atoms with Crippen LogP contribution in [0.3, 0.4) is 0 Å². The molecular formula is C19H22N4OS. The van der Waals surface area contributed by atoms with Gasteiger partial charge in [-0.1, -0.05) is 30.3 Å². The summed E-state index contributed by atoms with van der Waals surface area (Å²) in [6, 6.07) is 10.1. The Morgan fingerprint density at radius 3 is 2.72 bits per heavy atom. The van der Waals surface area contributed by atoms with Gasteiger partial charge in [0, 0.05) is 24.3 Å². The molecule has 0 aliphatic heterocycles. The summed E-state index contributed by atoms with van der Waals surface area (Å²) in [6.45, 7) is 4.74. The fourth-order valence-electron chi connectivity index (χ4n) is 2.82. The molecular weight excluding hydrogens is 332 g/mol. The number of hydrogen-bond donors (Lipinski definition) is 1. The molecule has 1 aromatic carbocycles. The Morgan fingerprint density at radius 1 is 1.28 bits per heavy atom. The first kappa shape index (κ1) is 17.4. The summed E-state index contributed by atoms with van der Waals surface area (Å²) >= 11 is 1.57. The van der Waals surface area contributed by atoms with Crippen LogP contribution in [0.2, 0.25) is 0 Å². The van der Waals surface area contributed by atoms with Gasteiger partial charge in [-0.15, -0.1) is 11.3 Å². The van der Waals surface area contributed by atoms with Crippen LogP contribution in [-0.2, 0) is 17.8 Å². The third-order valence-corrected chi connectivity index (χ3v) is 4.95. The van der Waals surface area contributed by atoms with Crippen molar-refractivity contribution in [3.8, 4) is 0 Å². The van der Waals surface area contributed by atoms with E-state index in [1.165, 1.54) is 0 Å². The molecule has 6 heteroatoms. The zero-order valence-electron chi connectivity index (χ0n) is 14.5. The van der Waals surface area contributed by atoms with Crippen molar-refractivity contribution in [2.45, 2.75) is 39.3 Å². The molecule has 0 aliphatic rings. The fourth-order valence-corrected chi connectivity index (χ4v) is 3.43. The molecule has 0 saturated heterocycles. The number of thiazole rings is 1. The third-order valence-electron chi connectivity index (χ3n) is 4.13. The van der Waals surface area contributed by atoms with Crippen molar-refractivity contribution in [1.29, 1.82) is 0 Å². The highest BCUT2D eigenvalue weighted by Crippen LogP contribution is 2.18. The standard InChI is InChI=1S/C19H22N4OS/c1-14-20-9-11-23(14)10-8-18(16-6-4-3-5-7-16)22-19(24)12-17-13-25-15(2)21-17/h3-7,9,11,13,18H,8,10,12H2,1-2H3,(H,22,24). The lowest BCUT2D eigenvalue weighted by atomic mass is 10.0. The van der Waals surface area contributed by atoms with Gasteiger partial charge in [0.25, 0.3) is 0 Å². The molecule has 1 atom stereocenters. The first-order chi connectivity index (χ1) is 12.1. The van der Waals surface area contributed by atoms with Crippen LogP contribution in [-0.4, -0.2) is 20.4 Å². The summed E-state index contributed by atoms with van der Waals surface area (Å²) in [4.78, 5) is 21.1. The van der Waals surface area contributed by atoms with Gasteiger partial charge in [0.05, 0.1) is 23.2 Å². The van der Waals surface area contributed by atoms with E-state index < -0.39 is 0 Å². The molecule has 1 unspecified atom stereocenters. The van der Waals surface area contributed by atoms with Crippen LogP contribution < -0.4 is 5.32 Å². The monoisotopic (exact) mass is 354 g/mol. The second kappa shape index (κ2) is 8.07. The first-order valence-electron chi connectivity index (χ1n) is 8.35. The molecule has 3 rings (SSSR count). The summed E-state index contributed by atoms with van der Waals surface area (Å²) in [5.74, 6) is 0.984. The largest absolute Gasteiger partial charge is 0.349 e. The van der Waals surface area contributed by atoms with Crippen molar-refractivity contribution in [2.24, 2.45) is 0 Å². The Labute approximate surface area is 151 Å². The average molecular weight is 354 g/mol. The minimum absolute atomic E-state index is 0.00139. The lowest BCUT2D eigenvalue weighted by Gasteiger charge is -2.20. The van der Waals surface area contributed by atoms with Crippen molar-refractivity contribution < 1.29 is 4.79 Å². The van der Waals surface area contributed by atoms with Gasteiger partial charge in [-0.05, 0) is 25.8 Å². The zero-order valence-corrected chi connectivity index (χ0v) is 15.3. The number of aryl methyl sites for hydroxylation is 3. The van der Waals surface area contributed by atoms with Crippen molar-refractivity contribution in [2.75, 3.05) is 0 Å². The summed E-state index contributed by atoms with van der Waals surface area (Å²) in [7, 11) is 0. The molecule has 0 radical (unpaired) electrons. The van der Waals surface area contributed by atoms with Crippen LogP contribution in [0.25, 0.3) is 0 Å². The van der Waals surface area contributed by atoms with E-state index in [0.717, 1.165) is 35.1 Å². The number of benzene rings is 1. The molecule has 0 spiro atoms. The predicted octanol–water partition coefficient (Wildman–Crippen LogP) is 3.45. The average Bonchev–Trinajstić information content (AvgIpc) is 3.20. The van der Waals surface area contributed by atoms with E-state index in [1.54, 1.807) is 17.5 Å². The molecule has 1 N–H and O–H groups in total. The number of carbonyl (C=O) groups is 1. The number of carbonyl (C=O) groups excluding carboxylic acids is 1. The normalized spacial score (nSPS) is 12.1. The quantitative estimate of drug-likeness (QED) is 0.707. The summed E-state index contributed by atoms with van der Waals surface area (Å²) in [6.07, 6.45) is 4.90. The van der Waals surface area contributed by atoms with Gasteiger partial charge < -0.3 is 9.88 Å². The van der Waals surface area contributed by atoms with E-state index in [9.17, 15) is 4.79 Å². The van der Waals surface area contributed by atoms with Crippen LogP contribution in [0.4, 0.5) is 0 Å². The van der Waals surface area contributed by atoms with E-state index in [4.69, 9.17) is 0 Å². The molecule has 0 fully saturated rings. The number of nitrogens with one attached hydrogen (secondary N) is 1. The van der Waals surface area contributed by atoms with Gasteiger partial charge in [0.1, 0.15) is 5.82 Å². The van der Waals surface area contributed by atoms with Crippen LogP contribution >= 0.6 is 11.3 Å². The van der Waals surface area contributed by atoms with Crippen LogP contribution in [0, 0.1) is 13.8 Å². The second-order valence-electron chi connectivity index (χ2n) is 6.02. The lowest BCUT2D eigenvalue weighted by molar-refractivity contribution is -0.121. The Kier molecular flexibility index (Phi) is 5.60. The van der Waals surface area contributed by atoms with Gasteiger partial charge in [-0.2, -0.15) is 0 Å². The van der Waals surface area contributed by atoms with Crippen molar-refractivity contribution in [3.05, 3.63) is 70.2 Å². The molecule has 0 saturated carbocycles. The molecule has 25 heavy (non-hydrogen) atoms. The fraction of sp³-hybridized carbons (Fsp3) is 0.316. The highest BCUT2D eigenvalue weighted by molar-refractivity contribution is 7.09. The minimum atomic E-state index is -0.0322. The Bertz CT molecular complexity index is 825. The lowest BCUT2D eigenvalue weighted by Crippen LogP contribution is -2.30. The van der Waals surface area contributed by atoms with Crippen molar-refractivity contribution in [3.63, 3.8) is 0 Å². The van der Waals surface area contributed by atoms with Crippen molar-refractivity contribution >= 4 is 17.2 Å². The van der Waals surface area contributed by atoms with Gasteiger partial charge in [-0.25, -0.2) is 9.97 Å². The van der Waals surface area contributed by atoms with Gasteiger partial charge in [0.15, 0.2) is 0 Å². The number of hydrogen-bond acceptors (Lipinski definition) is 4. The Balaban J connectivity index is 1.67. The van der Waals surface area contributed by atoms with Crippen LogP contribution in [0.1, 0.15) is 34.6 Å². The third kappa shape index (κ3) is 4.76. The maximum atomic E-state index is 12.5. The topological polar surface area (TPSA) is 59.8 Å².